The predicted octanol–water partition coefficient (Wildman–Crippen LogP) is 1.78. The van der Waals surface area contributed by atoms with Crippen molar-refractivity contribution in [3.8, 4) is 6.07 Å². The first-order valence-electron chi connectivity index (χ1n) is 5.21. The molecule has 0 radical (unpaired) electrons. The lowest BCUT2D eigenvalue weighted by Gasteiger charge is -2.20. The van der Waals surface area contributed by atoms with Gasteiger partial charge in [0.1, 0.15) is 11.9 Å². The molecule has 5 nitrogen and oxygen atoms in total. The smallest absolute Gasteiger partial charge is 0.310 e. The SMILES string of the molecule is Cc1ccnc(NCC(C)(C)C(=O)O)c1C#N. The van der Waals surface area contributed by atoms with Crippen molar-refractivity contribution in [2.24, 2.45) is 5.41 Å². The third-order valence-electron chi connectivity index (χ3n) is 2.55. The van der Waals surface area contributed by atoms with E-state index in [4.69, 9.17) is 10.4 Å². The standard InChI is InChI=1S/C12H15N3O2/c1-8-4-5-14-10(9(8)6-13)15-7-12(2,3)11(16)17/h4-5H,7H2,1-3H3,(H,14,15)(H,16,17). The van der Waals surface area contributed by atoms with Gasteiger partial charge in [-0.1, -0.05) is 0 Å². The highest BCUT2D eigenvalue weighted by molar-refractivity contribution is 5.74. The molecule has 2 N–H and O–H groups in total. The van der Waals surface area contributed by atoms with Crippen LogP contribution in [0.5, 0.6) is 0 Å². The van der Waals surface area contributed by atoms with Gasteiger partial charge < -0.3 is 10.4 Å². The molecule has 1 rings (SSSR count). The Kier molecular flexibility index (Phi) is 3.69. The number of carboxylic acid groups (broad SMARTS) is 1. The van der Waals surface area contributed by atoms with Gasteiger partial charge >= 0.3 is 5.97 Å². The summed E-state index contributed by atoms with van der Waals surface area (Å²) in [6, 6.07) is 3.80. The largest absolute Gasteiger partial charge is 0.481 e. The zero-order chi connectivity index (χ0) is 13.1. The van der Waals surface area contributed by atoms with E-state index in [2.05, 4.69) is 16.4 Å². The van der Waals surface area contributed by atoms with Crippen molar-refractivity contribution >= 4 is 11.8 Å². The van der Waals surface area contributed by atoms with Crippen LogP contribution in [0.15, 0.2) is 12.3 Å². The fourth-order valence-electron chi connectivity index (χ4n) is 1.21. The van der Waals surface area contributed by atoms with E-state index in [1.165, 1.54) is 0 Å². The van der Waals surface area contributed by atoms with Gasteiger partial charge in [-0.15, -0.1) is 0 Å². The Morgan fingerprint density at radius 3 is 2.82 bits per heavy atom. The van der Waals surface area contributed by atoms with E-state index in [-0.39, 0.29) is 6.54 Å². The number of nitriles is 1. The maximum atomic E-state index is 10.9. The van der Waals surface area contributed by atoms with E-state index >= 15 is 0 Å². The Hall–Kier alpha value is -2.09. The molecule has 1 aromatic heterocycles. The molecule has 90 valence electrons. The van der Waals surface area contributed by atoms with Gasteiger partial charge in [0.25, 0.3) is 0 Å². The van der Waals surface area contributed by atoms with Crippen molar-refractivity contribution in [3.05, 3.63) is 23.4 Å². The molecule has 0 aromatic carbocycles. The molecule has 1 aromatic rings. The number of hydrogen-bond acceptors (Lipinski definition) is 4. The van der Waals surface area contributed by atoms with E-state index in [0.717, 1.165) is 5.56 Å². The number of hydrogen-bond donors (Lipinski definition) is 2. The number of aryl methyl sites for hydroxylation is 1. The molecule has 0 amide bonds. The second kappa shape index (κ2) is 4.83. The van der Waals surface area contributed by atoms with Crippen LogP contribution in [0.1, 0.15) is 25.0 Å². The van der Waals surface area contributed by atoms with Crippen LogP contribution in [-0.2, 0) is 4.79 Å². The number of aliphatic carboxylic acids is 1. The number of rotatable bonds is 4. The third kappa shape index (κ3) is 2.94. The van der Waals surface area contributed by atoms with Gasteiger partial charge in [-0.05, 0) is 32.4 Å². The van der Waals surface area contributed by atoms with Gasteiger partial charge in [0, 0.05) is 12.7 Å². The molecular formula is C12H15N3O2. The van der Waals surface area contributed by atoms with Crippen LogP contribution in [0, 0.1) is 23.7 Å². The van der Waals surface area contributed by atoms with Crippen molar-refractivity contribution in [2.45, 2.75) is 20.8 Å². The van der Waals surface area contributed by atoms with Gasteiger partial charge in [0.2, 0.25) is 0 Å². The molecule has 0 aliphatic carbocycles. The van der Waals surface area contributed by atoms with E-state index in [0.29, 0.717) is 11.4 Å². The lowest BCUT2D eigenvalue weighted by Crippen LogP contribution is -2.32. The van der Waals surface area contributed by atoms with Gasteiger partial charge in [-0.3, -0.25) is 4.79 Å². The van der Waals surface area contributed by atoms with Crippen molar-refractivity contribution < 1.29 is 9.90 Å². The molecule has 0 fully saturated rings. The maximum absolute atomic E-state index is 10.9. The Morgan fingerprint density at radius 1 is 1.65 bits per heavy atom. The van der Waals surface area contributed by atoms with Crippen molar-refractivity contribution in [1.29, 1.82) is 5.26 Å². The van der Waals surface area contributed by atoms with Crippen LogP contribution in [0.4, 0.5) is 5.82 Å². The van der Waals surface area contributed by atoms with Crippen molar-refractivity contribution in [3.63, 3.8) is 0 Å². The van der Waals surface area contributed by atoms with E-state index in [1.54, 1.807) is 26.1 Å². The highest BCUT2D eigenvalue weighted by atomic mass is 16.4. The van der Waals surface area contributed by atoms with Gasteiger partial charge in [0.15, 0.2) is 0 Å². The van der Waals surface area contributed by atoms with Gasteiger partial charge in [-0.25, -0.2) is 4.98 Å². The molecule has 0 unspecified atom stereocenters. The number of carbonyl (C=O) groups is 1. The Labute approximate surface area is 100 Å². The summed E-state index contributed by atoms with van der Waals surface area (Å²) in [6.45, 7) is 5.26. The molecule has 0 aliphatic heterocycles. The summed E-state index contributed by atoms with van der Waals surface area (Å²) in [6.07, 6.45) is 1.59. The minimum atomic E-state index is -0.905. The van der Waals surface area contributed by atoms with Crippen LogP contribution in [0.25, 0.3) is 0 Å². The summed E-state index contributed by atoms with van der Waals surface area (Å²) >= 11 is 0. The second-order valence-corrected chi connectivity index (χ2v) is 4.51. The highest BCUT2D eigenvalue weighted by Crippen LogP contribution is 2.19. The number of aromatic nitrogens is 1. The molecule has 17 heavy (non-hydrogen) atoms. The highest BCUT2D eigenvalue weighted by Gasteiger charge is 2.27. The zero-order valence-corrected chi connectivity index (χ0v) is 10.1. The van der Waals surface area contributed by atoms with Crippen LogP contribution >= 0.6 is 0 Å². The first-order valence-corrected chi connectivity index (χ1v) is 5.21. The second-order valence-electron chi connectivity index (χ2n) is 4.51. The molecule has 5 heteroatoms. The number of nitrogens with one attached hydrogen (secondary N) is 1. The zero-order valence-electron chi connectivity index (χ0n) is 10.1. The topological polar surface area (TPSA) is 86.0 Å². The summed E-state index contributed by atoms with van der Waals surface area (Å²) in [5.74, 6) is -0.460. The number of carboxylic acids is 1. The average Bonchev–Trinajstić information content (AvgIpc) is 2.26. The molecule has 0 spiro atoms. The van der Waals surface area contributed by atoms with Gasteiger partial charge in [0.05, 0.1) is 11.0 Å². The molecule has 0 bridgehead atoms. The van der Waals surface area contributed by atoms with Crippen LogP contribution in [0.3, 0.4) is 0 Å². The van der Waals surface area contributed by atoms with Crippen molar-refractivity contribution in [2.75, 3.05) is 11.9 Å². The molecule has 1 heterocycles. The first kappa shape index (κ1) is 13.0. The van der Waals surface area contributed by atoms with Gasteiger partial charge in [-0.2, -0.15) is 5.26 Å². The van der Waals surface area contributed by atoms with Crippen LogP contribution in [-0.4, -0.2) is 22.6 Å². The van der Waals surface area contributed by atoms with E-state index in [9.17, 15) is 4.79 Å². The molecule has 0 atom stereocenters. The summed E-state index contributed by atoms with van der Waals surface area (Å²) in [4.78, 5) is 15.0. The minimum absolute atomic E-state index is 0.216. The average molecular weight is 233 g/mol. The first-order chi connectivity index (χ1) is 7.88. The normalized spacial score (nSPS) is 10.7. The number of anilines is 1. The quantitative estimate of drug-likeness (QED) is 0.827. The summed E-state index contributed by atoms with van der Waals surface area (Å²) in [7, 11) is 0. The lowest BCUT2D eigenvalue weighted by molar-refractivity contribution is -0.146. The Balaban J connectivity index is 2.88. The Bertz CT molecular complexity index is 475. The number of nitrogens with zero attached hydrogens (tertiary/aromatic N) is 2. The Morgan fingerprint density at radius 2 is 2.29 bits per heavy atom. The van der Waals surface area contributed by atoms with Crippen LogP contribution < -0.4 is 5.32 Å². The molecular weight excluding hydrogens is 218 g/mol. The molecule has 0 aliphatic rings. The summed E-state index contributed by atoms with van der Waals surface area (Å²) in [5, 5.41) is 20.9. The van der Waals surface area contributed by atoms with Crippen LogP contribution in [0.2, 0.25) is 0 Å². The molecule has 0 saturated heterocycles. The number of pyridine rings is 1. The fraction of sp³-hybridized carbons (Fsp3) is 0.417. The monoisotopic (exact) mass is 233 g/mol. The third-order valence-corrected chi connectivity index (χ3v) is 2.55. The van der Waals surface area contributed by atoms with Crippen molar-refractivity contribution in [1.82, 2.24) is 4.98 Å². The maximum Gasteiger partial charge on any atom is 0.310 e. The minimum Gasteiger partial charge on any atom is -0.481 e. The molecule has 0 saturated carbocycles. The van der Waals surface area contributed by atoms with E-state index < -0.39 is 11.4 Å². The fourth-order valence-corrected chi connectivity index (χ4v) is 1.21. The predicted molar refractivity (Wildman–Crippen MR) is 63.6 cm³/mol. The van der Waals surface area contributed by atoms with E-state index in [1.807, 2.05) is 6.92 Å². The lowest BCUT2D eigenvalue weighted by atomic mass is 9.94. The summed E-state index contributed by atoms with van der Waals surface area (Å²) < 4.78 is 0. The summed E-state index contributed by atoms with van der Waals surface area (Å²) in [5.41, 5.74) is 0.366.